The normalized spacial score (nSPS) is 11.2. The van der Waals surface area contributed by atoms with Crippen LogP contribution >= 0.6 is 11.8 Å². The van der Waals surface area contributed by atoms with Crippen LogP contribution in [0, 0.1) is 10.1 Å². The molecule has 1 aromatic rings. The molecule has 0 saturated carbocycles. The molecule has 0 amide bonds. The van der Waals surface area contributed by atoms with Crippen molar-refractivity contribution >= 4 is 17.8 Å². The Hall–Kier alpha value is -1.69. The highest BCUT2D eigenvalue weighted by molar-refractivity contribution is 7.98. The summed E-state index contributed by atoms with van der Waals surface area (Å²) < 4.78 is 10.4. The monoisotopic (exact) mass is 269 g/mol. The molecule has 0 radical (unpaired) electrons. The first-order chi connectivity index (χ1) is 8.53. The largest absolute Gasteiger partial charge is 0.496 e. The second kappa shape index (κ2) is 6.30. The number of benzene rings is 1. The van der Waals surface area contributed by atoms with Crippen LogP contribution < -0.4 is 9.47 Å². The highest BCUT2D eigenvalue weighted by atomic mass is 32.2. The van der Waals surface area contributed by atoms with E-state index in [2.05, 4.69) is 0 Å². The average Bonchev–Trinajstić information content (AvgIpc) is 2.37. The van der Waals surface area contributed by atoms with Crippen LogP contribution in [0.5, 0.6) is 11.5 Å². The predicted octanol–water partition coefficient (Wildman–Crippen LogP) is 3.06. The van der Waals surface area contributed by atoms with E-state index < -0.39 is 4.92 Å². The van der Waals surface area contributed by atoms with Crippen LogP contribution in [0.1, 0.15) is 12.5 Å². The summed E-state index contributed by atoms with van der Waals surface area (Å²) in [6.45, 7) is 1.45. The standard InChI is InChI=1S/C12H15NO4S/c1-8(13(14)15)5-9-6-12(18-4)11(17-3)7-10(9)16-2/h5-7H,1-4H3/b8-5+. The van der Waals surface area contributed by atoms with Gasteiger partial charge >= 0.3 is 0 Å². The summed E-state index contributed by atoms with van der Waals surface area (Å²) in [4.78, 5) is 11.1. The first-order valence-electron chi connectivity index (χ1n) is 5.16. The van der Waals surface area contributed by atoms with Crippen LogP contribution in [0.4, 0.5) is 0 Å². The Bertz CT molecular complexity index is 485. The van der Waals surface area contributed by atoms with Crippen molar-refractivity contribution in [3.63, 3.8) is 0 Å². The fraction of sp³-hybridized carbons (Fsp3) is 0.333. The Kier molecular flexibility index (Phi) is 5.03. The molecule has 18 heavy (non-hydrogen) atoms. The van der Waals surface area contributed by atoms with E-state index in [1.54, 1.807) is 13.2 Å². The predicted molar refractivity (Wildman–Crippen MR) is 72.0 cm³/mol. The number of allylic oxidation sites excluding steroid dienone is 1. The van der Waals surface area contributed by atoms with Gasteiger partial charge in [0.1, 0.15) is 11.5 Å². The van der Waals surface area contributed by atoms with Gasteiger partial charge in [-0.3, -0.25) is 10.1 Å². The number of nitrogens with zero attached hydrogens (tertiary/aromatic N) is 1. The summed E-state index contributed by atoms with van der Waals surface area (Å²) in [5.41, 5.74) is 0.724. The van der Waals surface area contributed by atoms with Gasteiger partial charge in [-0.25, -0.2) is 0 Å². The van der Waals surface area contributed by atoms with Crippen LogP contribution in [-0.2, 0) is 0 Å². The van der Waals surface area contributed by atoms with Gasteiger partial charge in [0.05, 0.1) is 19.1 Å². The third-order valence-corrected chi connectivity index (χ3v) is 3.15. The van der Waals surface area contributed by atoms with Crippen molar-refractivity contribution in [1.29, 1.82) is 0 Å². The molecule has 0 N–H and O–H groups in total. The fourth-order valence-corrected chi connectivity index (χ4v) is 2.03. The topological polar surface area (TPSA) is 61.6 Å². The van der Waals surface area contributed by atoms with Crippen molar-refractivity contribution in [3.05, 3.63) is 33.5 Å². The van der Waals surface area contributed by atoms with Crippen molar-refractivity contribution in [2.24, 2.45) is 0 Å². The molecule has 0 unspecified atom stereocenters. The zero-order valence-electron chi connectivity index (χ0n) is 10.7. The average molecular weight is 269 g/mol. The number of hydrogen-bond acceptors (Lipinski definition) is 5. The van der Waals surface area contributed by atoms with Crippen LogP contribution in [0.15, 0.2) is 22.7 Å². The molecule has 0 aromatic heterocycles. The minimum absolute atomic E-state index is 0.0607. The summed E-state index contributed by atoms with van der Waals surface area (Å²) in [6.07, 6.45) is 3.40. The van der Waals surface area contributed by atoms with Crippen LogP contribution in [0.3, 0.4) is 0 Å². The van der Waals surface area contributed by atoms with Crippen molar-refractivity contribution in [1.82, 2.24) is 0 Å². The minimum atomic E-state index is -0.428. The highest BCUT2D eigenvalue weighted by Gasteiger charge is 2.12. The Morgan fingerprint density at radius 1 is 1.33 bits per heavy atom. The van der Waals surface area contributed by atoms with E-state index in [-0.39, 0.29) is 5.70 Å². The molecule has 1 rings (SSSR count). The zero-order chi connectivity index (χ0) is 13.7. The smallest absolute Gasteiger partial charge is 0.243 e. The van der Waals surface area contributed by atoms with E-state index in [1.807, 2.05) is 12.3 Å². The molecular formula is C12H15NO4S. The summed E-state index contributed by atoms with van der Waals surface area (Å²) in [6, 6.07) is 3.54. The molecule has 0 atom stereocenters. The minimum Gasteiger partial charge on any atom is -0.496 e. The lowest BCUT2D eigenvalue weighted by molar-refractivity contribution is -0.422. The Balaban J connectivity index is 3.34. The molecule has 0 aliphatic carbocycles. The molecular weight excluding hydrogens is 254 g/mol. The molecule has 98 valence electrons. The van der Waals surface area contributed by atoms with E-state index in [4.69, 9.17) is 9.47 Å². The summed E-state index contributed by atoms with van der Waals surface area (Å²) in [7, 11) is 3.10. The fourth-order valence-electron chi connectivity index (χ4n) is 1.44. The van der Waals surface area contributed by atoms with Gasteiger partial charge < -0.3 is 9.47 Å². The Morgan fingerprint density at radius 2 is 1.94 bits per heavy atom. The maximum absolute atomic E-state index is 10.6. The van der Waals surface area contributed by atoms with Gasteiger partial charge in [-0.1, -0.05) is 0 Å². The summed E-state index contributed by atoms with van der Waals surface area (Å²) in [5, 5.41) is 10.6. The molecule has 0 fully saturated rings. The lowest BCUT2D eigenvalue weighted by Crippen LogP contribution is -1.96. The van der Waals surface area contributed by atoms with E-state index in [0.29, 0.717) is 17.1 Å². The first kappa shape index (κ1) is 14.4. The first-order valence-corrected chi connectivity index (χ1v) is 6.38. The van der Waals surface area contributed by atoms with E-state index in [0.717, 1.165) is 4.90 Å². The molecule has 0 bridgehead atoms. The number of thioether (sulfide) groups is 1. The number of ether oxygens (including phenoxy) is 2. The van der Waals surface area contributed by atoms with Gasteiger partial charge in [-0.2, -0.15) is 0 Å². The van der Waals surface area contributed by atoms with Gasteiger partial charge in [-0.05, 0) is 12.3 Å². The maximum Gasteiger partial charge on any atom is 0.243 e. The van der Waals surface area contributed by atoms with Crippen molar-refractivity contribution < 1.29 is 14.4 Å². The van der Waals surface area contributed by atoms with Gasteiger partial charge in [-0.15, -0.1) is 11.8 Å². The number of hydrogen-bond donors (Lipinski definition) is 0. The zero-order valence-corrected chi connectivity index (χ0v) is 11.5. The van der Waals surface area contributed by atoms with E-state index >= 15 is 0 Å². The molecule has 0 aliphatic heterocycles. The second-order valence-corrected chi connectivity index (χ2v) is 4.34. The van der Waals surface area contributed by atoms with Crippen LogP contribution in [0.25, 0.3) is 6.08 Å². The number of methoxy groups -OCH3 is 2. The highest BCUT2D eigenvalue weighted by Crippen LogP contribution is 2.35. The molecule has 0 aliphatic rings. The lowest BCUT2D eigenvalue weighted by Gasteiger charge is -2.11. The SMILES string of the molecule is COc1cc(OC)c(SC)cc1/C=C(\C)[N+](=O)[O-]. The molecule has 0 saturated heterocycles. The lowest BCUT2D eigenvalue weighted by atomic mass is 10.1. The summed E-state index contributed by atoms with van der Waals surface area (Å²) >= 11 is 1.51. The van der Waals surface area contributed by atoms with E-state index in [9.17, 15) is 10.1 Å². The van der Waals surface area contributed by atoms with Gasteiger partial charge in [0, 0.05) is 29.5 Å². The summed E-state index contributed by atoms with van der Waals surface area (Å²) in [5.74, 6) is 1.24. The van der Waals surface area contributed by atoms with Crippen LogP contribution in [-0.4, -0.2) is 25.4 Å². The van der Waals surface area contributed by atoms with Crippen molar-refractivity contribution in [2.75, 3.05) is 20.5 Å². The Labute approximate surface area is 110 Å². The quantitative estimate of drug-likeness (QED) is 0.467. The Morgan fingerprint density at radius 3 is 2.39 bits per heavy atom. The van der Waals surface area contributed by atoms with Gasteiger partial charge in [0.25, 0.3) is 0 Å². The molecule has 5 nitrogen and oxygen atoms in total. The molecule has 1 aromatic carbocycles. The number of nitro groups is 1. The van der Waals surface area contributed by atoms with E-state index in [1.165, 1.54) is 31.9 Å². The molecule has 0 heterocycles. The molecule has 6 heteroatoms. The maximum atomic E-state index is 10.6. The van der Waals surface area contributed by atoms with Crippen molar-refractivity contribution in [2.45, 2.75) is 11.8 Å². The third kappa shape index (κ3) is 3.16. The van der Waals surface area contributed by atoms with Crippen LogP contribution in [0.2, 0.25) is 0 Å². The van der Waals surface area contributed by atoms with Gasteiger partial charge in [0.2, 0.25) is 5.70 Å². The molecule has 0 spiro atoms. The third-order valence-electron chi connectivity index (χ3n) is 2.39. The number of rotatable bonds is 5. The van der Waals surface area contributed by atoms with Crippen molar-refractivity contribution in [3.8, 4) is 11.5 Å². The second-order valence-electron chi connectivity index (χ2n) is 3.49. The van der Waals surface area contributed by atoms with Gasteiger partial charge in [0.15, 0.2) is 0 Å².